The van der Waals surface area contributed by atoms with Crippen molar-refractivity contribution >= 4 is 5.78 Å². The van der Waals surface area contributed by atoms with Crippen LogP contribution >= 0.6 is 0 Å². The van der Waals surface area contributed by atoms with Gasteiger partial charge in [-0.05, 0) is 0 Å². The van der Waals surface area contributed by atoms with E-state index in [-0.39, 0.29) is 0 Å². The molecule has 0 rings (SSSR count). The molecule has 7 nitrogen and oxygen atoms in total. The lowest BCUT2D eigenvalue weighted by atomic mass is 10.3. The number of aliphatic hydroxyl groups excluding tert-OH is 2. The van der Waals surface area contributed by atoms with E-state index in [1.165, 1.54) is 0 Å². The van der Waals surface area contributed by atoms with Crippen LogP contribution in [0.15, 0.2) is 0 Å². The molecular formula is C6H13NO6. The van der Waals surface area contributed by atoms with Crippen molar-refractivity contribution < 1.29 is 29.7 Å². The van der Waals surface area contributed by atoms with Crippen molar-refractivity contribution in [3.63, 3.8) is 0 Å². The largest absolute Gasteiger partial charge is 0.394 e. The van der Waals surface area contributed by atoms with Gasteiger partial charge in [-0.2, -0.15) is 0 Å². The second kappa shape index (κ2) is 5.22. The number of hydrogen-bond acceptors (Lipinski definition) is 7. The van der Waals surface area contributed by atoms with Crippen LogP contribution in [0.3, 0.4) is 0 Å². The van der Waals surface area contributed by atoms with Gasteiger partial charge in [-0.1, -0.05) is 0 Å². The van der Waals surface area contributed by atoms with E-state index in [1.807, 2.05) is 0 Å². The Morgan fingerprint density at radius 3 is 2.54 bits per heavy atom. The zero-order valence-corrected chi connectivity index (χ0v) is 7.14. The van der Waals surface area contributed by atoms with Crippen molar-refractivity contribution in [3.8, 4) is 0 Å². The van der Waals surface area contributed by atoms with Crippen LogP contribution in [-0.2, 0) is 14.4 Å². The molecule has 7 heteroatoms. The van der Waals surface area contributed by atoms with Crippen molar-refractivity contribution in [1.29, 1.82) is 0 Å². The van der Waals surface area contributed by atoms with Crippen LogP contribution in [0.25, 0.3) is 0 Å². The van der Waals surface area contributed by atoms with Gasteiger partial charge in [-0.3, -0.25) is 4.79 Å². The van der Waals surface area contributed by atoms with Gasteiger partial charge in [0, 0.05) is 6.92 Å². The molecule has 0 fully saturated rings. The highest BCUT2D eigenvalue weighted by Gasteiger charge is 2.35. The summed E-state index contributed by atoms with van der Waals surface area (Å²) in [7, 11) is 0. The number of rotatable bonds is 6. The number of carbonyl (C=O) groups is 1. The molecule has 0 aliphatic heterocycles. The molecule has 13 heavy (non-hydrogen) atoms. The second-order valence-electron chi connectivity index (χ2n) is 2.40. The van der Waals surface area contributed by atoms with Gasteiger partial charge < -0.3 is 20.1 Å². The first-order chi connectivity index (χ1) is 5.96. The summed E-state index contributed by atoms with van der Waals surface area (Å²) < 4.78 is 4.44. The van der Waals surface area contributed by atoms with E-state index in [1.54, 1.807) is 0 Å². The molecule has 0 amide bonds. The molecule has 0 aromatic rings. The van der Waals surface area contributed by atoms with Crippen molar-refractivity contribution in [1.82, 2.24) is 0 Å². The molecule has 0 aliphatic carbocycles. The molecule has 78 valence electrons. The molecule has 0 bridgehead atoms. The number of Topliss-reactive ketones (excluding diaryl/α,β-unsaturated/α-hetero) is 1. The molecule has 2 unspecified atom stereocenters. The van der Waals surface area contributed by atoms with Crippen molar-refractivity contribution in [2.24, 2.45) is 5.90 Å². The van der Waals surface area contributed by atoms with Crippen LogP contribution in [0.2, 0.25) is 0 Å². The Kier molecular flexibility index (Phi) is 4.99. The van der Waals surface area contributed by atoms with Gasteiger partial charge in [0.05, 0.1) is 13.2 Å². The molecule has 0 saturated heterocycles. The van der Waals surface area contributed by atoms with Gasteiger partial charge in [0.15, 0.2) is 0 Å². The van der Waals surface area contributed by atoms with Crippen LogP contribution in [0.1, 0.15) is 6.92 Å². The molecule has 0 aromatic carbocycles. The fraction of sp³-hybridized carbons (Fsp3) is 0.833. The molecule has 0 radical (unpaired) electrons. The minimum absolute atomic E-state index is 0.468. The number of carbonyl (C=O) groups excluding carboxylic acids is 1. The lowest BCUT2D eigenvalue weighted by molar-refractivity contribution is -0.340. The van der Waals surface area contributed by atoms with E-state index < -0.39 is 31.1 Å². The Labute approximate surface area is 74.6 Å². The predicted molar refractivity (Wildman–Crippen MR) is 39.9 cm³/mol. The molecule has 2 atom stereocenters. The zero-order chi connectivity index (χ0) is 10.5. The Balaban J connectivity index is 4.05. The Morgan fingerprint density at radius 2 is 2.23 bits per heavy atom. The topological polar surface area (TPSA) is 122 Å². The van der Waals surface area contributed by atoms with Gasteiger partial charge >= 0.3 is 5.97 Å². The third kappa shape index (κ3) is 3.77. The van der Waals surface area contributed by atoms with E-state index in [0.717, 1.165) is 6.92 Å². The van der Waals surface area contributed by atoms with Crippen LogP contribution in [0.4, 0.5) is 0 Å². The quantitative estimate of drug-likeness (QED) is 0.272. The lowest BCUT2D eigenvalue weighted by Gasteiger charge is -2.22. The van der Waals surface area contributed by atoms with Crippen molar-refractivity contribution in [2.75, 3.05) is 13.2 Å². The minimum atomic E-state index is -2.56. The Bertz CT molecular complexity index is 175. The number of ketones is 1. The molecule has 0 aromatic heterocycles. The number of nitrogens with two attached hydrogens (primary N) is 1. The molecule has 0 saturated carbocycles. The first-order valence-electron chi connectivity index (χ1n) is 3.50. The maximum absolute atomic E-state index is 10.7. The second-order valence-corrected chi connectivity index (χ2v) is 2.40. The zero-order valence-electron chi connectivity index (χ0n) is 7.14. The van der Waals surface area contributed by atoms with E-state index in [4.69, 9.17) is 15.3 Å². The fourth-order valence-electron chi connectivity index (χ4n) is 0.480. The Morgan fingerprint density at radius 1 is 1.69 bits per heavy atom. The van der Waals surface area contributed by atoms with Gasteiger partial charge in [0.25, 0.3) is 0 Å². The highest BCUT2D eigenvalue weighted by molar-refractivity contribution is 5.81. The lowest BCUT2D eigenvalue weighted by Crippen LogP contribution is -2.46. The number of aliphatic hydroxyl groups is 3. The maximum Gasteiger partial charge on any atom is 0.359 e. The van der Waals surface area contributed by atoms with Crippen LogP contribution in [0, 0.1) is 0 Å². The van der Waals surface area contributed by atoms with E-state index in [9.17, 15) is 4.79 Å². The Hall–Kier alpha value is -0.570. The summed E-state index contributed by atoms with van der Waals surface area (Å²) in [6, 6.07) is 0. The summed E-state index contributed by atoms with van der Waals surface area (Å²) in [6.45, 7) is -0.0273. The molecule has 5 N–H and O–H groups in total. The van der Waals surface area contributed by atoms with E-state index >= 15 is 0 Å². The third-order valence-corrected chi connectivity index (χ3v) is 1.29. The van der Waals surface area contributed by atoms with Crippen LogP contribution in [0.5, 0.6) is 0 Å². The van der Waals surface area contributed by atoms with E-state index in [0.29, 0.717) is 0 Å². The summed E-state index contributed by atoms with van der Waals surface area (Å²) in [5, 5.41) is 26.3. The third-order valence-electron chi connectivity index (χ3n) is 1.29. The van der Waals surface area contributed by atoms with Gasteiger partial charge in [0.2, 0.25) is 5.78 Å². The minimum Gasteiger partial charge on any atom is -0.394 e. The van der Waals surface area contributed by atoms with Crippen molar-refractivity contribution in [2.45, 2.75) is 19.0 Å². The van der Waals surface area contributed by atoms with Crippen molar-refractivity contribution in [3.05, 3.63) is 0 Å². The van der Waals surface area contributed by atoms with Crippen LogP contribution in [-0.4, -0.2) is 46.4 Å². The number of ether oxygens (including phenoxy) is 1. The summed E-state index contributed by atoms with van der Waals surface area (Å²) in [4.78, 5) is 14.6. The molecule has 0 aliphatic rings. The summed E-state index contributed by atoms with van der Waals surface area (Å²) in [6.07, 6.45) is -1.21. The highest BCUT2D eigenvalue weighted by Crippen LogP contribution is 2.08. The average Bonchev–Trinajstić information content (AvgIpc) is 2.13. The van der Waals surface area contributed by atoms with Gasteiger partial charge in [-0.25, -0.2) is 10.7 Å². The first-order valence-corrected chi connectivity index (χ1v) is 3.50. The molecule has 0 spiro atoms. The standard InChI is InChI=1S/C6H13NO6/c1-4(9)6(11,13-7)12-3-5(10)2-8/h5,8,10-11H,2-3,7H2,1H3. The normalized spacial score (nSPS) is 17.9. The predicted octanol–water partition coefficient (Wildman–Crippen LogP) is -2.52. The highest BCUT2D eigenvalue weighted by atomic mass is 16.9. The van der Waals surface area contributed by atoms with Gasteiger partial charge in [-0.15, -0.1) is 0 Å². The fourth-order valence-corrected chi connectivity index (χ4v) is 0.480. The molecule has 0 heterocycles. The monoisotopic (exact) mass is 195 g/mol. The summed E-state index contributed by atoms with van der Waals surface area (Å²) >= 11 is 0. The first kappa shape index (κ1) is 12.4. The average molecular weight is 195 g/mol. The van der Waals surface area contributed by atoms with Gasteiger partial charge in [0.1, 0.15) is 6.10 Å². The van der Waals surface area contributed by atoms with Crippen LogP contribution < -0.4 is 5.90 Å². The van der Waals surface area contributed by atoms with E-state index in [2.05, 4.69) is 15.5 Å². The summed E-state index contributed by atoms with van der Waals surface area (Å²) in [5.74, 6) is 1.18. The smallest absolute Gasteiger partial charge is 0.359 e. The summed E-state index contributed by atoms with van der Waals surface area (Å²) in [5.41, 5.74) is 0. The molecular weight excluding hydrogens is 182 g/mol. The maximum atomic E-state index is 10.7. The number of hydrogen-bond donors (Lipinski definition) is 4. The SMILES string of the molecule is CC(=O)C(O)(ON)OCC(O)CO.